The molecule has 6 heteroatoms. The zero-order chi connectivity index (χ0) is 13.8. The second kappa shape index (κ2) is 6.34. The van der Waals surface area contributed by atoms with E-state index in [1.807, 2.05) is 6.92 Å². The highest BCUT2D eigenvalue weighted by Crippen LogP contribution is 2.37. The third-order valence-electron chi connectivity index (χ3n) is 3.14. The SMILES string of the molecule is CCOC(=O)c1c(NC(N)=S)sc2c1CCCCC2. The number of nitrogens with one attached hydrogen (secondary N) is 1. The molecule has 3 N–H and O–H groups in total. The van der Waals surface area contributed by atoms with Crippen LogP contribution in [0.5, 0.6) is 0 Å². The van der Waals surface area contributed by atoms with Gasteiger partial charge in [-0.3, -0.25) is 0 Å². The lowest BCUT2D eigenvalue weighted by Gasteiger charge is -2.07. The van der Waals surface area contributed by atoms with Crippen molar-refractivity contribution in [1.29, 1.82) is 0 Å². The van der Waals surface area contributed by atoms with E-state index in [9.17, 15) is 4.79 Å². The van der Waals surface area contributed by atoms with Crippen LogP contribution in [0.15, 0.2) is 0 Å². The molecule has 1 aliphatic rings. The molecule has 1 aromatic heterocycles. The number of thiocarbonyl (C=S) groups is 1. The van der Waals surface area contributed by atoms with Crippen LogP contribution in [0.2, 0.25) is 0 Å². The molecule has 0 fully saturated rings. The molecule has 0 aliphatic heterocycles. The Labute approximate surface area is 122 Å². The number of rotatable bonds is 3. The summed E-state index contributed by atoms with van der Waals surface area (Å²) in [7, 11) is 0. The van der Waals surface area contributed by atoms with Crippen LogP contribution < -0.4 is 11.1 Å². The minimum absolute atomic E-state index is 0.182. The fourth-order valence-corrected chi connectivity index (χ4v) is 3.82. The topological polar surface area (TPSA) is 64.3 Å². The van der Waals surface area contributed by atoms with Crippen molar-refractivity contribution in [3.05, 3.63) is 16.0 Å². The standard InChI is InChI=1S/C13H18N2O2S2/c1-2-17-12(16)10-8-6-4-3-5-7-9(8)19-11(10)15-13(14)18/h2-7H2,1H3,(H3,14,15,18). The number of aryl methyl sites for hydroxylation is 1. The molecule has 0 unspecified atom stereocenters. The van der Waals surface area contributed by atoms with Crippen molar-refractivity contribution in [2.75, 3.05) is 11.9 Å². The molecule has 19 heavy (non-hydrogen) atoms. The number of esters is 1. The van der Waals surface area contributed by atoms with Crippen LogP contribution >= 0.6 is 23.6 Å². The van der Waals surface area contributed by atoms with E-state index in [-0.39, 0.29) is 11.1 Å². The molecule has 0 amide bonds. The molecule has 1 aliphatic carbocycles. The summed E-state index contributed by atoms with van der Waals surface area (Å²) in [5.74, 6) is -0.277. The van der Waals surface area contributed by atoms with Crippen molar-refractivity contribution < 1.29 is 9.53 Å². The highest BCUT2D eigenvalue weighted by molar-refractivity contribution is 7.80. The first-order chi connectivity index (χ1) is 9.13. The Kier molecular flexibility index (Phi) is 4.76. The van der Waals surface area contributed by atoms with Crippen LogP contribution in [0.4, 0.5) is 5.00 Å². The van der Waals surface area contributed by atoms with Gasteiger partial charge in [-0.15, -0.1) is 11.3 Å². The van der Waals surface area contributed by atoms with Gasteiger partial charge in [0.25, 0.3) is 0 Å². The summed E-state index contributed by atoms with van der Waals surface area (Å²) in [5.41, 5.74) is 7.29. The summed E-state index contributed by atoms with van der Waals surface area (Å²) >= 11 is 6.46. The summed E-state index contributed by atoms with van der Waals surface area (Å²) in [6.07, 6.45) is 5.44. The van der Waals surface area contributed by atoms with Gasteiger partial charge in [-0.1, -0.05) is 6.42 Å². The first-order valence-electron chi connectivity index (χ1n) is 6.51. The van der Waals surface area contributed by atoms with E-state index in [1.54, 1.807) is 11.3 Å². The Morgan fingerprint density at radius 3 is 2.84 bits per heavy atom. The number of nitrogens with two attached hydrogens (primary N) is 1. The Hall–Kier alpha value is -1.14. The van der Waals surface area contributed by atoms with Crippen LogP contribution in [0.1, 0.15) is 47.0 Å². The maximum absolute atomic E-state index is 12.2. The molecule has 0 saturated carbocycles. The number of carbonyl (C=O) groups is 1. The third-order valence-corrected chi connectivity index (χ3v) is 4.45. The Balaban J connectivity index is 2.42. The van der Waals surface area contributed by atoms with Gasteiger partial charge in [0.1, 0.15) is 5.00 Å². The highest BCUT2D eigenvalue weighted by atomic mass is 32.1. The molecule has 1 aromatic rings. The largest absolute Gasteiger partial charge is 0.462 e. The van der Waals surface area contributed by atoms with Crippen LogP contribution in [-0.4, -0.2) is 17.7 Å². The molecule has 0 bridgehead atoms. The lowest BCUT2D eigenvalue weighted by atomic mass is 10.1. The van der Waals surface area contributed by atoms with Gasteiger partial charge in [-0.2, -0.15) is 0 Å². The van der Waals surface area contributed by atoms with Crippen LogP contribution in [-0.2, 0) is 17.6 Å². The van der Waals surface area contributed by atoms with Crippen LogP contribution in [0, 0.1) is 0 Å². The average molecular weight is 298 g/mol. The molecular weight excluding hydrogens is 280 g/mol. The minimum atomic E-state index is -0.277. The van der Waals surface area contributed by atoms with Gasteiger partial charge in [0.2, 0.25) is 0 Å². The molecule has 0 atom stereocenters. The van der Waals surface area contributed by atoms with E-state index in [2.05, 4.69) is 5.32 Å². The predicted molar refractivity (Wildman–Crippen MR) is 81.9 cm³/mol. The fourth-order valence-electron chi connectivity index (χ4n) is 2.36. The Bertz CT molecular complexity index is 497. The quantitative estimate of drug-likeness (QED) is 0.510. The van der Waals surface area contributed by atoms with E-state index >= 15 is 0 Å². The van der Waals surface area contributed by atoms with Crippen molar-refractivity contribution in [1.82, 2.24) is 0 Å². The lowest BCUT2D eigenvalue weighted by Crippen LogP contribution is -2.20. The van der Waals surface area contributed by atoms with Crippen molar-refractivity contribution in [3.63, 3.8) is 0 Å². The Morgan fingerprint density at radius 1 is 1.42 bits per heavy atom. The lowest BCUT2D eigenvalue weighted by molar-refractivity contribution is 0.0527. The van der Waals surface area contributed by atoms with Crippen molar-refractivity contribution in [2.24, 2.45) is 5.73 Å². The summed E-state index contributed by atoms with van der Waals surface area (Å²) in [6.45, 7) is 2.18. The normalized spacial score (nSPS) is 14.4. The molecule has 0 radical (unpaired) electrons. The predicted octanol–water partition coefficient (Wildman–Crippen LogP) is 2.85. The maximum Gasteiger partial charge on any atom is 0.341 e. The molecule has 0 spiro atoms. The number of hydrogen-bond donors (Lipinski definition) is 2. The number of anilines is 1. The van der Waals surface area contributed by atoms with Gasteiger partial charge >= 0.3 is 5.97 Å². The van der Waals surface area contributed by atoms with Gasteiger partial charge in [0, 0.05) is 4.88 Å². The second-order valence-corrected chi connectivity index (χ2v) is 6.02. The zero-order valence-corrected chi connectivity index (χ0v) is 12.6. The Morgan fingerprint density at radius 2 is 2.16 bits per heavy atom. The van der Waals surface area contributed by atoms with Gasteiger partial charge in [-0.05, 0) is 50.4 Å². The molecule has 0 aromatic carbocycles. The van der Waals surface area contributed by atoms with E-state index in [1.165, 1.54) is 17.7 Å². The van der Waals surface area contributed by atoms with Crippen molar-refractivity contribution >= 4 is 39.6 Å². The van der Waals surface area contributed by atoms with E-state index in [0.29, 0.717) is 12.2 Å². The molecule has 2 rings (SSSR count). The minimum Gasteiger partial charge on any atom is -0.462 e. The molecule has 0 saturated heterocycles. The number of hydrogen-bond acceptors (Lipinski definition) is 4. The number of ether oxygens (including phenoxy) is 1. The fraction of sp³-hybridized carbons (Fsp3) is 0.538. The smallest absolute Gasteiger partial charge is 0.341 e. The summed E-state index contributed by atoms with van der Waals surface area (Å²) in [5, 5.41) is 3.83. The first kappa shape index (κ1) is 14.3. The van der Waals surface area contributed by atoms with E-state index in [0.717, 1.165) is 29.8 Å². The zero-order valence-electron chi connectivity index (χ0n) is 11.0. The third kappa shape index (κ3) is 3.25. The van der Waals surface area contributed by atoms with E-state index < -0.39 is 0 Å². The van der Waals surface area contributed by atoms with Crippen LogP contribution in [0.25, 0.3) is 0 Å². The molecule has 4 nitrogen and oxygen atoms in total. The average Bonchev–Trinajstić information content (AvgIpc) is 2.52. The van der Waals surface area contributed by atoms with Gasteiger partial charge in [0.15, 0.2) is 5.11 Å². The van der Waals surface area contributed by atoms with Crippen molar-refractivity contribution in [3.8, 4) is 0 Å². The summed E-state index contributed by atoms with van der Waals surface area (Å²) in [6, 6.07) is 0. The van der Waals surface area contributed by atoms with Gasteiger partial charge < -0.3 is 15.8 Å². The molecule has 1 heterocycles. The van der Waals surface area contributed by atoms with Gasteiger partial charge in [-0.25, -0.2) is 4.79 Å². The highest BCUT2D eigenvalue weighted by Gasteiger charge is 2.25. The number of carbonyl (C=O) groups excluding carboxylic acids is 1. The summed E-state index contributed by atoms with van der Waals surface area (Å²) < 4.78 is 5.16. The van der Waals surface area contributed by atoms with E-state index in [4.69, 9.17) is 22.7 Å². The number of thiophene rings is 1. The van der Waals surface area contributed by atoms with Crippen molar-refractivity contribution in [2.45, 2.75) is 39.0 Å². The second-order valence-electron chi connectivity index (χ2n) is 4.48. The number of fused-ring (bicyclic) bond motifs is 1. The first-order valence-corrected chi connectivity index (χ1v) is 7.74. The summed E-state index contributed by atoms with van der Waals surface area (Å²) in [4.78, 5) is 13.4. The van der Waals surface area contributed by atoms with Crippen LogP contribution in [0.3, 0.4) is 0 Å². The monoisotopic (exact) mass is 298 g/mol. The van der Waals surface area contributed by atoms with Gasteiger partial charge in [0.05, 0.1) is 12.2 Å². The maximum atomic E-state index is 12.2. The molecular formula is C13H18N2O2S2. The molecule has 104 valence electrons.